The molecule has 1 aromatic rings. The molecule has 0 saturated heterocycles. The Kier molecular flexibility index (Phi) is 3.91. The summed E-state index contributed by atoms with van der Waals surface area (Å²) in [5.74, 6) is 0. The van der Waals surface area contributed by atoms with Crippen molar-refractivity contribution in [3.05, 3.63) is 35.9 Å². The average molecular weight is 253 g/mol. The lowest BCUT2D eigenvalue weighted by atomic mass is 10.0. The molecule has 0 fully saturated rings. The first-order valence-corrected chi connectivity index (χ1v) is 7.37. The van der Waals surface area contributed by atoms with Gasteiger partial charge in [0.1, 0.15) is 0 Å². The zero-order chi connectivity index (χ0) is 11.5. The predicted octanol–water partition coefficient (Wildman–Crippen LogP) is 2.30. The maximum Gasteiger partial charge on any atom is 0.0498 e. The normalized spacial score (nSPS) is 19.2. The number of benzene rings is 1. The van der Waals surface area contributed by atoms with E-state index in [4.69, 9.17) is 0 Å². The van der Waals surface area contributed by atoms with Gasteiger partial charge in [0.05, 0.1) is 0 Å². The molecule has 4 heteroatoms. The van der Waals surface area contributed by atoms with Crippen molar-refractivity contribution in [3.8, 4) is 0 Å². The summed E-state index contributed by atoms with van der Waals surface area (Å²) in [7, 11) is 1.83. The molecule has 0 aromatic heterocycles. The largest absolute Gasteiger partial charge is 0.283 e. The number of hydrogen-bond donors (Lipinski definition) is 0. The van der Waals surface area contributed by atoms with Crippen molar-refractivity contribution >= 4 is 25.8 Å². The Labute approximate surface area is 101 Å². The molecule has 2 atom stereocenters. The Bertz CT molecular complexity index is 444. The molecule has 2 rings (SSSR count). The minimum absolute atomic E-state index is 0.892. The Balaban J connectivity index is 2.27. The minimum atomic E-state index is -0.892. The van der Waals surface area contributed by atoms with Gasteiger partial charge in [-0.15, -0.1) is 0 Å². The molecule has 0 amide bonds. The average Bonchev–Trinajstić information content (AvgIpc) is 2.30. The standard InChI is InChI=1S/C12H16NOPS/c1-16(14)12-4-2-3-11(9-12)10-5-7-13(15)8-6-10/h2-5,9H,6-8,15H2,1H3. The van der Waals surface area contributed by atoms with Crippen molar-refractivity contribution in [2.45, 2.75) is 11.3 Å². The fourth-order valence-corrected chi connectivity index (χ4v) is 2.62. The second-order valence-corrected chi connectivity index (χ2v) is 6.07. The van der Waals surface area contributed by atoms with E-state index in [9.17, 15) is 4.21 Å². The molecular formula is C12H16NOPS. The third kappa shape index (κ3) is 2.79. The van der Waals surface area contributed by atoms with E-state index in [2.05, 4.69) is 26.2 Å². The molecule has 2 nitrogen and oxygen atoms in total. The van der Waals surface area contributed by atoms with Gasteiger partial charge >= 0.3 is 0 Å². The fourth-order valence-electron chi connectivity index (χ4n) is 1.82. The summed E-state index contributed by atoms with van der Waals surface area (Å²) >= 11 is 0. The van der Waals surface area contributed by atoms with Crippen LogP contribution in [-0.4, -0.2) is 28.2 Å². The van der Waals surface area contributed by atoms with Crippen LogP contribution in [0, 0.1) is 0 Å². The quantitative estimate of drug-likeness (QED) is 0.754. The molecule has 1 aromatic carbocycles. The summed E-state index contributed by atoms with van der Waals surface area (Å²) in [5.41, 5.74) is 2.58. The van der Waals surface area contributed by atoms with E-state index in [0.29, 0.717) is 0 Å². The second-order valence-electron chi connectivity index (χ2n) is 3.96. The second kappa shape index (κ2) is 5.22. The topological polar surface area (TPSA) is 20.3 Å². The number of hydrogen-bond acceptors (Lipinski definition) is 2. The Hall–Kier alpha value is -0.500. The van der Waals surface area contributed by atoms with Crippen LogP contribution in [-0.2, 0) is 10.8 Å². The van der Waals surface area contributed by atoms with Gasteiger partial charge in [-0.1, -0.05) is 27.6 Å². The van der Waals surface area contributed by atoms with E-state index in [0.717, 1.165) is 24.4 Å². The highest BCUT2D eigenvalue weighted by atomic mass is 32.2. The van der Waals surface area contributed by atoms with Gasteiger partial charge in [0.2, 0.25) is 0 Å². The molecule has 16 heavy (non-hydrogen) atoms. The predicted molar refractivity (Wildman–Crippen MR) is 72.7 cm³/mol. The van der Waals surface area contributed by atoms with Crippen LogP contribution in [0.3, 0.4) is 0 Å². The van der Waals surface area contributed by atoms with Crippen molar-refractivity contribution in [2.75, 3.05) is 19.3 Å². The highest BCUT2D eigenvalue weighted by Crippen LogP contribution is 2.24. The molecule has 0 N–H and O–H groups in total. The number of rotatable bonds is 2. The van der Waals surface area contributed by atoms with Crippen LogP contribution in [0.5, 0.6) is 0 Å². The third-order valence-corrected chi connectivity index (χ3v) is 4.16. The van der Waals surface area contributed by atoms with E-state index >= 15 is 0 Å². The van der Waals surface area contributed by atoms with Gasteiger partial charge in [0, 0.05) is 35.0 Å². The van der Waals surface area contributed by atoms with Gasteiger partial charge in [0.15, 0.2) is 0 Å². The first kappa shape index (κ1) is 12.0. The summed E-state index contributed by atoms with van der Waals surface area (Å²) in [6, 6.07) is 8.05. The molecule has 0 spiro atoms. The van der Waals surface area contributed by atoms with Crippen molar-refractivity contribution in [1.29, 1.82) is 0 Å². The van der Waals surface area contributed by atoms with Crippen LogP contribution in [0.1, 0.15) is 12.0 Å². The lowest BCUT2D eigenvalue weighted by Gasteiger charge is -2.21. The Morgan fingerprint density at radius 3 is 2.88 bits per heavy atom. The molecule has 1 heterocycles. The van der Waals surface area contributed by atoms with Gasteiger partial charge in [-0.3, -0.25) is 8.88 Å². The lowest BCUT2D eigenvalue weighted by molar-refractivity contribution is 0.515. The van der Waals surface area contributed by atoms with Gasteiger partial charge in [-0.25, -0.2) is 0 Å². The van der Waals surface area contributed by atoms with Gasteiger partial charge in [-0.05, 0) is 29.7 Å². The first-order chi connectivity index (χ1) is 7.66. The fraction of sp³-hybridized carbons (Fsp3) is 0.333. The lowest BCUT2D eigenvalue weighted by Crippen LogP contribution is -2.17. The van der Waals surface area contributed by atoms with E-state index in [1.165, 1.54) is 11.1 Å². The zero-order valence-corrected chi connectivity index (χ0v) is 11.3. The molecule has 0 aliphatic carbocycles. The van der Waals surface area contributed by atoms with E-state index in [-0.39, 0.29) is 0 Å². The van der Waals surface area contributed by atoms with E-state index < -0.39 is 10.8 Å². The zero-order valence-electron chi connectivity index (χ0n) is 9.35. The molecule has 0 saturated carbocycles. The SMILES string of the molecule is CS(=O)c1cccc(C2=CCN(P)CC2)c1. The van der Waals surface area contributed by atoms with E-state index in [1.807, 2.05) is 18.2 Å². The smallest absolute Gasteiger partial charge is 0.0498 e. The summed E-state index contributed by atoms with van der Waals surface area (Å²) < 4.78 is 13.6. The molecule has 1 aliphatic heterocycles. The molecule has 86 valence electrons. The van der Waals surface area contributed by atoms with Crippen molar-refractivity contribution in [3.63, 3.8) is 0 Å². The highest BCUT2D eigenvalue weighted by Gasteiger charge is 2.10. The third-order valence-electron chi connectivity index (χ3n) is 2.78. The highest BCUT2D eigenvalue weighted by molar-refractivity contribution is 7.84. The molecule has 0 radical (unpaired) electrons. The van der Waals surface area contributed by atoms with Crippen LogP contribution in [0.25, 0.3) is 5.57 Å². The molecular weight excluding hydrogens is 237 g/mol. The monoisotopic (exact) mass is 253 g/mol. The summed E-state index contributed by atoms with van der Waals surface area (Å²) in [6.07, 6.45) is 5.02. The van der Waals surface area contributed by atoms with Crippen LogP contribution >= 0.6 is 9.39 Å². The molecule has 0 bridgehead atoms. The first-order valence-electron chi connectivity index (χ1n) is 5.29. The number of nitrogens with zero attached hydrogens (tertiary/aromatic N) is 1. The van der Waals surface area contributed by atoms with Crippen molar-refractivity contribution in [2.24, 2.45) is 0 Å². The van der Waals surface area contributed by atoms with Gasteiger partial charge in [0.25, 0.3) is 0 Å². The van der Waals surface area contributed by atoms with Crippen molar-refractivity contribution in [1.82, 2.24) is 4.67 Å². The van der Waals surface area contributed by atoms with Crippen LogP contribution in [0.4, 0.5) is 0 Å². The minimum Gasteiger partial charge on any atom is -0.283 e. The van der Waals surface area contributed by atoms with Crippen molar-refractivity contribution < 1.29 is 4.21 Å². The summed E-state index contributed by atoms with van der Waals surface area (Å²) in [4.78, 5) is 0.909. The van der Waals surface area contributed by atoms with Crippen LogP contribution < -0.4 is 0 Å². The maximum absolute atomic E-state index is 11.4. The summed E-state index contributed by atoms with van der Waals surface area (Å²) in [6.45, 7) is 2.04. The van der Waals surface area contributed by atoms with Crippen LogP contribution in [0.15, 0.2) is 35.2 Å². The molecule has 1 aliphatic rings. The maximum atomic E-state index is 11.4. The van der Waals surface area contributed by atoms with Gasteiger partial charge < -0.3 is 0 Å². The van der Waals surface area contributed by atoms with Crippen LogP contribution in [0.2, 0.25) is 0 Å². The summed E-state index contributed by atoms with van der Waals surface area (Å²) in [5, 5.41) is 0. The van der Waals surface area contributed by atoms with E-state index in [1.54, 1.807) is 6.26 Å². The van der Waals surface area contributed by atoms with Gasteiger partial charge in [-0.2, -0.15) is 0 Å². The Morgan fingerprint density at radius 1 is 1.44 bits per heavy atom. The molecule has 2 unspecified atom stereocenters. The Morgan fingerprint density at radius 2 is 2.25 bits per heavy atom.